The molecule has 0 N–H and O–H groups in total. The summed E-state index contributed by atoms with van der Waals surface area (Å²) in [6.07, 6.45) is -0.0759. The number of ether oxygens (including phenoxy) is 2. The topological polar surface area (TPSA) is 101 Å². The van der Waals surface area contributed by atoms with Gasteiger partial charge < -0.3 is 14.3 Å². The van der Waals surface area contributed by atoms with Crippen LogP contribution in [0.3, 0.4) is 0 Å². The number of oxime groups is 1. The minimum absolute atomic E-state index is 0.0941. The Morgan fingerprint density at radius 3 is 2.67 bits per heavy atom. The van der Waals surface area contributed by atoms with Gasteiger partial charge >= 0.3 is 0 Å². The second-order valence-corrected chi connectivity index (χ2v) is 6.80. The number of imide groups is 1. The maximum Gasteiger partial charge on any atom is 0.281 e. The van der Waals surface area contributed by atoms with Gasteiger partial charge in [-0.1, -0.05) is 5.16 Å². The molecule has 152 valence electrons. The highest BCUT2D eigenvalue weighted by molar-refractivity contribution is 6.25. The average Bonchev–Trinajstić information content (AvgIpc) is 3.28. The molecule has 1 fully saturated rings. The van der Waals surface area contributed by atoms with Gasteiger partial charge in [-0.3, -0.25) is 9.59 Å². The van der Waals surface area contributed by atoms with E-state index in [0.717, 1.165) is 4.90 Å². The van der Waals surface area contributed by atoms with Gasteiger partial charge in [-0.2, -0.15) is 5.26 Å². The van der Waals surface area contributed by atoms with Crippen molar-refractivity contribution in [3.05, 3.63) is 53.8 Å². The summed E-state index contributed by atoms with van der Waals surface area (Å²) in [5, 5.41) is 12.7. The standard InChI is InChI=1S/C21H16FN3O5/c1-28-18-10-13(2-7-17(18)29-9-8-23)16-11-21(30-24-16)12-19(26)25(20(21)27)15-5-3-14(22)4-6-15/h2-7,10H,9,11-12H2,1H3/t21-/m0/s1. The van der Waals surface area contributed by atoms with Gasteiger partial charge in [0.15, 0.2) is 18.1 Å². The third-order valence-electron chi connectivity index (χ3n) is 4.94. The van der Waals surface area contributed by atoms with Crippen molar-refractivity contribution in [2.45, 2.75) is 18.4 Å². The molecule has 1 atom stereocenters. The Labute approximate surface area is 171 Å². The van der Waals surface area contributed by atoms with Crippen LogP contribution in [0.5, 0.6) is 11.5 Å². The zero-order valence-corrected chi connectivity index (χ0v) is 15.9. The molecule has 2 aliphatic rings. The van der Waals surface area contributed by atoms with Gasteiger partial charge in [-0.05, 0) is 42.5 Å². The molecular weight excluding hydrogens is 393 g/mol. The van der Waals surface area contributed by atoms with Crippen LogP contribution in [0.2, 0.25) is 0 Å². The first-order valence-corrected chi connectivity index (χ1v) is 9.03. The summed E-state index contributed by atoms with van der Waals surface area (Å²) >= 11 is 0. The first kappa shape index (κ1) is 19.4. The van der Waals surface area contributed by atoms with Gasteiger partial charge in [0.05, 0.1) is 24.9 Å². The lowest BCUT2D eigenvalue weighted by molar-refractivity contribution is -0.136. The van der Waals surface area contributed by atoms with Crippen molar-refractivity contribution in [3.63, 3.8) is 0 Å². The van der Waals surface area contributed by atoms with E-state index in [1.54, 1.807) is 18.2 Å². The quantitative estimate of drug-likeness (QED) is 0.704. The summed E-state index contributed by atoms with van der Waals surface area (Å²) in [5.41, 5.74) is -0.0407. The third-order valence-corrected chi connectivity index (χ3v) is 4.94. The SMILES string of the molecule is COc1cc(C2=NO[C@]3(CC(=O)N(c4ccc(F)cc4)C3=O)C2)ccc1OCC#N. The van der Waals surface area contributed by atoms with E-state index in [2.05, 4.69) is 5.16 Å². The van der Waals surface area contributed by atoms with Crippen LogP contribution in [0.15, 0.2) is 47.6 Å². The molecule has 1 spiro atoms. The van der Waals surface area contributed by atoms with Gasteiger partial charge in [0.1, 0.15) is 11.9 Å². The minimum Gasteiger partial charge on any atom is -0.493 e. The highest BCUT2D eigenvalue weighted by atomic mass is 19.1. The summed E-state index contributed by atoms with van der Waals surface area (Å²) in [6.45, 7) is -0.126. The number of nitrogens with zero attached hydrogens (tertiary/aromatic N) is 3. The molecule has 0 bridgehead atoms. The van der Waals surface area contributed by atoms with E-state index in [4.69, 9.17) is 19.6 Å². The fourth-order valence-electron chi connectivity index (χ4n) is 3.49. The summed E-state index contributed by atoms with van der Waals surface area (Å²) < 4.78 is 23.8. The minimum atomic E-state index is -1.43. The molecule has 2 aromatic rings. The van der Waals surface area contributed by atoms with Crippen LogP contribution in [0.4, 0.5) is 10.1 Å². The number of carbonyl (C=O) groups excluding carboxylic acids is 2. The van der Waals surface area contributed by atoms with Crippen LogP contribution in [0.1, 0.15) is 18.4 Å². The number of benzene rings is 2. The molecule has 1 saturated heterocycles. The number of hydrogen-bond acceptors (Lipinski definition) is 7. The number of carbonyl (C=O) groups is 2. The fraction of sp³-hybridized carbons (Fsp3) is 0.238. The molecule has 2 heterocycles. The molecule has 0 unspecified atom stereocenters. The van der Waals surface area contributed by atoms with Crippen LogP contribution >= 0.6 is 0 Å². The van der Waals surface area contributed by atoms with Crippen LogP contribution in [-0.2, 0) is 14.4 Å². The lowest BCUT2D eigenvalue weighted by atomic mass is 9.92. The third kappa shape index (κ3) is 3.22. The van der Waals surface area contributed by atoms with Gasteiger partial charge in [0, 0.05) is 12.0 Å². The number of anilines is 1. The second kappa shape index (κ2) is 7.48. The van der Waals surface area contributed by atoms with Crippen LogP contribution in [0.25, 0.3) is 0 Å². The number of nitriles is 1. The number of methoxy groups -OCH3 is 1. The Kier molecular flexibility index (Phi) is 4.83. The fourth-order valence-corrected chi connectivity index (χ4v) is 3.49. The molecule has 0 aliphatic carbocycles. The second-order valence-electron chi connectivity index (χ2n) is 6.80. The van der Waals surface area contributed by atoms with Crippen molar-refractivity contribution in [2.24, 2.45) is 5.16 Å². The largest absolute Gasteiger partial charge is 0.493 e. The molecule has 0 aromatic heterocycles. The lowest BCUT2D eigenvalue weighted by Gasteiger charge is -2.19. The lowest BCUT2D eigenvalue weighted by Crippen LogP contribution is -2.40. The number of rotatable bonds is 5. The van der Waals surface area contributed by atoms with E-state index in [-0.39, 0.29) is 25.1 Å². The van der Waals surface area contributed by atoms with Crippen molar-refractivity contribution in [1.29, 1.82) is 5.26 Å². The first-order valence-electron chi connectivity index (χ1n) is 9.03. The van der Waals surface area contributed by atoms with Crippen LogP contribution in [0, 0.1) is 17.1 Å². The Bertz CT molecular complexity index is 1090. The molecule has 0 saturated carbocycles. The summed E-state index contributed by atoms with van der Waals surface area (Å²) in [5.74, 6) is -0.661. The van der Waals surface area contributed by atoms with E-state index in [9.17, 15) is 14.0 Å². The molecule has 2 aliphatic heterocycles. The Morgan fingerprint density at radius 1 is 1.20 bits per heavy atom. The summed E-state index contributed by atoms with van der Waals surface area (Å²) in [4.78, 5) is 32.1. The highest BCUT2D eigenvalue weighted by Gasteiger charge is 2.58. The molecule has 0 radical (unpaired) electrons. The molecule has 30 heavy (non-hydrogen) atoms. The molecule has 8 nitrogen and oxygen atoms in total. The van der Waals surface area contributed by atoms with Gasteiger partial charge in [-0.25, -0.2) is 9.29 Å². The van der Waals surface area contributed by atoms with Crippen molar-refractivity contribution >= 4 is 23.2 Å². The van der Waals surface area contributed by atoms with Gasteiger partial charge in [0.25, 0.3) is 5.91 Å². The van der Waals surface area contributed by atoms with Crippen molar-refractivity contribution in [2.75, 3.05) is 18.6 Å². The summed E-state index contributed by atoms with van der Waals surface area (Å²) in [6, 6.07) is 12.0. The molecule has 2 amide bonds. The number of amides is 2. The first-order chi connectivity index (χ1) is 14.5. The van der Waals surface area contributed by atoms with Crippen molar-refractivity contribution < 1.29 is 28.3 Å². The van der Waals surface area contributed by atoms with Crippen molar-refractivity contribution in [1.82, 2.24) is 0 Å². The predicted octanol–water partition coefficient (Wildman–Crippen LogP) is 2.56. The smallest absolute Gasteiger partial charge is 0.281 e. The van der Waals surface area contributed by atoms with E-state index in [0.29, 0.717) is 22.8 Å². The number of halogens is 1. The molecular formula is C21H16FN3O5. The monoisotopic (exact) mass is 409 g/mol. The number of hydrogen-bond donors (Lipinski definition) is 0. The van der Waals surface area contributed by atoms with E-state index < -0.39 is 23.2 Å². The Hall–Kier alpha value is -3.93. The summed E-state index contributed by atoms with van der Waals surface area (Å²) in [7, 11) is 1.46. The predicted molar refractivity (Wildman–Crippen MR) is 103 cm³/mol. The molecule has 4 rings (SSSR count). The zero-order chi connectivity index (χ0) is 21.3. The Balaban J connectivity index is 1.56. The van der Waals surface area contributed by atoms with E-state index in [1.165, 1.54) is 31.4 Å². The molecule has 2 aromatic carbocycles. The molecule has 9 heteroatoms. The van der Waals surface area contributed by atoms with Crippen LogP contribution < -0.4 is 14.4 Å². The van der Waals surface area contributed by atoms with E-state index >= 15 is 0 Å². The Morgan fingerprint density at radius 2 is 1.97 bits per heavy atom. The zero-order valence-electron chi connectivity index (χ0n) is 15.9. The normalized spacial score (nSPS) is 20.2. The van der Waals surface area contributed by atoms with Gasteiger partial charge in [0.2, 0.25) is 11.5 Å². The maximum absolute atomic E-state index is 13.2. The van der Waals surface area contributed by atoms with Crippen LogP contribution in [-0.4, -0.2) is 36.8 Å². The van der Waals surface area contributed by atoms with E-state index in [1.807, 2.05) is 6.07 Å². The van der Waals surface area contributed by atoms with Crippen molar-refractivity contribution in [3.8, 4) is 17.6 Å². The van der Waals surface area contributed by atoms with Gasteiger partial charge in [-0.15, -0.1) is 0 Å². The maximum atomic E-state index is 13.2. The highest BCUT2D eigenvalue weighted by Crippen LogP contribution is 2.40. The average molecular weight is 409 g/mol.